The second-order valence-electron chi connectivity index (χ2n) is 5.27. The topological polar surface area (TPSA) is 63.7 Å². The van der Waals surface area contributed by atoms with Crippen LogP contribution in [0.2, 0.25) is 0 Å². The van der Waals surface area contributed by atoms with Gasteiger partial charge in [-0.3, -0.25) is 4.98 Å². The van der Waals surface area contributed by atoms with Crippen molar-refractivity contribution < 1.29 is 4.74 Å². The molecular formula is C15H24N4O. The second kappa shape index (κ2) is 6.59. The number of pyridine rings is 1. The molecule has 0 atom stereocenters. The molecule has 20 heavy (non-hydrogen) atoms. The van der Waals surface area contributed by atoms with Crippen LogP contribution in [0.3, 0.4) is 0 Å². The summed E-state index contributed by atoms with van der Waals surface area (Å²) < 4.78 is 5.41. The van der Waals surface area contributed by atoms with E-state index in [9.17, 15) is 0 Å². The van der Waals surface area contributed by atoms with Crippen LogP contribution >= 0.6 is 0 Å². The quantitative estimate of drug-likeness (QED) is 0.677. The maximum Gasteiger partial charge on any atom is 0.191 e. The van der Waals surface area contributed by atoms with Crippen LogP contribution in [0, 0.1) is 13.8 Å². The molecule has 0 aliphatic carbocycles. The summed E-state index contributed by atoms with van der Waals surface area (Å²) in [4.78, 5) is 11.1. The Balaban J connectivity index is 2.10. The van der Waals surface area contributed by atoms with E-state index in [1.807, 2.05) is 20.0 Å². The van der Waals surface area contributed by atoms with Gasteiger partial charge in [0, 0.05) is 30.4 Å². The lowest BCUT2D eigenvalue weighted by atomic mass is 10.1. The van der Waals surface area contributed by atoms with Crippen LogP contribution in [0.15, 0.2) is 11.2 Å². The third-order valence-corrected chi connectivity index (χ3v) is 3.82. The molecule has 2 N–H and O–H groups in total. The minimum absolute atomic E-state index is 0.505. The van der Waals surface area contributed by atoms with Crippen LogP contribution in [-0.2, 0) is 6.54 Å². The highest BCUT2D eigenvalue weighted by Crippen LogP contribution is 2.24. The highest BCUT2D eigenvalue weighted by molar-refractivity contribution is 5.78. The number of methoxy groups -OCH3 is 1. The molecule has 0 radical (unpaired) electrons. The number of rotatable bonds is 3. The van der Waals surface area contributed by atoms with E-state index in [0.29, 0.717) is 12.5 Å². The van der Waals surface area contributed by atoms with Gasteiger partial charge in [-0.05, 0) is 33.1 Å². The van der Waals surface area contributed by atoms with Gasteiger partial charge < -0.3 is 15.4 Å². The summed E-state index contributed by atoms with van der Waals surface area (Å²) in [6.45, 7) is 6.54. The van der Waals surface area contributed by atoms with Gasteiger partial charge in [0.2, 0.25) is 0 Å². The summed E-state index contributed by atoms with van der Waals surface area (Å²) in [5.41, 5.74) is 9.07. The van der Waals surface area contributed by atoms with Crippen LogP contribution in [-0.4, -0.2) is 36.0 Å². The highest BCUT2D eigenvalue weighted by Gasteiger charge is 2.13. The number of aryl methyl sites for hydroxylation is 1. The molecule has 0 spiro atoms. The van der Waals surface area contributed by atoms with Gasteiger partial charge in [-0.2, -0.15) is 0 Å². The van der Waals surface area contributed by atoms with Gasteiger partial charge >= 0.3 is 0 Å². The average molecular weight is 276 g/mol. The summed E-state index contributed by atoms with van der Waals surface area (Å²) in [6.07, 6.45) is 5.52. The van der Waals surface area contributed by atoms with E-state index in [0.717, 1.165) is 35.7 Å². The van der Waals surface area contributed by atoms with Crippen molar-refractivity contribution in [1.82, 2.24) is 9.88 Å². The second-order valence-corrected chi connectivity index (χ2v) is 5.27. The Morgan fingerprint density at radius 2 is 2.05 bits per heavy atom. The van der Waals surface area contributed by atoms with Gasteiger partial charge in [-0.1, -0.05) is 0 Å². The SMILES string of the molecule is COc1c(C)cnc(CN=C(N)N2CCCCC2)c1C. The number of nitrogens with zero attached hydrogens (tertiary/aromatic N) is 3. The molecule has 110 valence electrons. The Kier molecular flexibility index (Phi) is 4.82. The number of nitrogens with two attached hydrogens (primary N) is 1. The van der Waals surface area contributed by atoms with Crippen molar-refractivity contribution in [1.29, 1.82) is 0 Å². The van der Waals surface area contributed by atoms with E-state index in [2.05, 4.69) is 14.9 Å². The van der Waals surface area contributed by atoms with E-state index >= 15 is 0 Å². The van der Waals surface area contributed by atoms with Crippen LogP contribution in [0.1, 0.15) is 36.1 Å². The predicted molar refractivity (Wildman–Crippen MR) is 81.0 cm³/mol. The van der Waals surface area contributed by atoms with E-state index in [4.69, 9.17) is 10.5 Å². The molecule has 5 heteroatoms. The molecule has 0 bridgehead atoms. The summed E-state index contributed by atoms with van der Waals surface area (Å²) in [5.74, 6) is 1.52. The first-order valence-electron chi connectivity index (χ1n) is 7.17. The van der Waals surface area contributed by atoms with Crippen molar-refractivity contribution in [2.75, 3.05) is 20.2 Å². The number of guanidine groups is 1. The maximum atomic E-state index is 6.06. The number of hydrogen-bond acceptors (Lipinski definition) is 3. The molecule has 0 aromatic carbocycles. The minimum Gasteiger partial charge on any atom is -0.496 e. The van der Waals surface area contributed by atoms with Gasteiger partial charge in [0.25, 0.3) is 0 Å². The highest BCUT2D eigenvalue weighted by atomic mass is 16.5. The molecule has 1 fully saturated rings. The summed E-state index contributed by atoms with van der Waals surface area (Å²) in [5, 5.41) is 0. The molecular weight excluding hydrogens is 252 g/mol. The first-order chi connectivity index (χ1) is 9.63. The number of piperidine rings is 1. The van der Waals surface area contributed by atoms with Crippen molar-refractivity contribution in [2.45, 2.75) is 39.7 Å². The molecule has 2 rings (SSSR count). The normalized spacial score (nSPS) is 16.4. The third-order valence-electron chi connectivity index (χ3n) is 3.82. The number of hydrogen-bond donors (Lipinski definition) is 1. The summed E-state index contributed by atoms with van der Waals surface area (Å²) in [6, 6.07) is 0. The van der Waals surface area contributed by atoms with Gasteiger partial charge in [0.15, 0.2) is 5.96 Å². The fraction of sp³-hybridized carbons (Fsp3) is 0.600. The van der Waals surface area contributed by atoms with E-state index in [-0.39, 0.29) is 0 Å². The molecule has 2 heterocycles. The molecule has 1 aromatic rings. The van der Waals surface area contributed by atoms with Gasteiger partial charge in [-0.15, -0.1) is 0 Å². The van der Waals surface area contributed by atoms with Crippen LogP contribution < -0.4 is 10.5 Å². The van der Waals surface area contributed by atoms with Crippen molar-refractivity contribution in [3.05, 3.63) is 23.0 Å². The molecule has 1 aromatic heterocycles. The van der Waals surface area contributed by atoms with Crippen molar-refractivity contribution >= 4 is 5.96 Å². The van der Waals surface area contributed by atoms with Gasteiger partial charge in [0.1, 0.15) is 5.75 Å². The molecule has 0 saturated carbocycles. The first kappa shape index (κ1) is 14.6. The Labute approximate surface area is 120 Å². The Hall–Kier alpha value is -1.78. The minimum atomic E-state index is 0.505. The van der Waals surface area contributed by atoms with Gasteiger partial charge in [-0.25, -0.2) is 4.99 Å². The lowest BCUT2D eigenvalue weighted by Gasteiger charge is -2.27. The molecule has 1 aliphatic rings. The monoisotopic (exact) mass is 276 g/mol. The van der Waals surface area contributed by atoms with Gasteiger partial charge in [0.05, 0.1) is 19.3 Å². The van der Waals surface area contributed by atoms with Crippen molar-refractivity contribution in [3.63, 3.8) is 0 Å². The van der Waals surface area contributed by atoms with Crippen molar-refractivity contribution in [3.8, 4) is 5.75 Å². The molecule has 0 amide bonds. The predicted octanol–water partition coefficient (Wildman–Crippen LogP) is 2.01. The number of aliphatic imine (C=N–C) groups is 1. The average Bonchev–Trinajstić information content (AvgIpc) is 2.47. The third kappa shape index (κ3) is 3.21. The van der Waals surface area contributed by atoms with E-state index in [1.54, 1.807) is 7.11 Å². The zero-order valence-electron chi connectivity index (χ0n) is 12.6. The Morgan fingerprint density at radius 3 is 2.70 bits per heavy atom. The zero-order chi connectivity index (χ0) is 14.5. The fourth-order valence-corrected chi connectivity index (χ4v) is 2.61. The lowest BCUT2D eigenvalue weighted by molar-refractivity contribution is 0.338. The van der Waals surface area contributed by atoms with Crippen molar-refractivity contribution in [2.24, 2.45) is 10.7 Å². The molecule has 1 aliphatic heterocycles. The summed E-state index contributed by atoms with van der Waals surface area (Å²) in [7, 11) is 1.68. The smallest absolute Gasteiger partial charge is 0.191 e. The van der Waals surface area contributed by atoms with Crippen LogP contribution in [0.5, 0.6) is 5.75 Å². The largest absolute Gasteiger partial charge is 0.496 e. The number of ether oxygens (including phenoxy) is 1. The molecule has 0 unspecified atom stereocenters. The van der Waals surface area contributed by atoms with E-state index in [1.165, 1.54) is 19.3 Å². The number of likely N-dealkylation sites (tertiary alicyclic amines) is 1. The lowest BCUT2D eigenvalue weighted by Crippen LogP contribution is -2.40. The fourth-order valence-electron chi connectivity index (χ4n) is 2.61. The van der Waals surface area contributed by atoms with E-state index < -0.39 is 0 Å². The Morgan fingerprint density at radius 1 is 1.35 bits per heavy atom. The molecule has 5 nitrogen and oxygen atoms in total. The van der Waals surface area contributed by atoms with Crippen LogP contribution in [0.4, 0.5) is 0 Å². The van der Waals surface area contributed by atoms with Crippen LogP contribution in [0.25, 0.3) is 0 Å². The first-order valence-corrected chi connectivity index (χ1v) is 7.17. The molecule has 1 saturated heterocycles. The maximum absolute atomic E-state index is 6.06. The Bertz CT molecular complexity index is 493. The zero-order valence-corrected chi connectivity index (χ0v) is 12.6. The standard InChI is InChI=1S/C15H24N4O/c1-11-9-17-13(12(2)14(11)20-3)10-18-15(16)19-7-5-4-6-8-19/h9H,4-8,10H2,1-3H3,(H2,16,18). The summed E-state index contributed by atoms with van der Waals surface area (Å²) >= 11 is 0. The number of aromatic nitrogens is 1.